The van der Waals surface area contributed by atoms with Gasteiger partial charge in [-0.3, -0.25) is 13.9 Å². The molecule has 36 heavy (non-hydrogen) atoms. The Bertz CT molecular complexity index is 1410. The second kappa shape index (κ2) is 11.2. The van der Waals surface area contributed by atoms with Gasteiger partial charge in [0, 0.05) is 12.6 Å². The molecule has 0 saturated carbocycles. The summed E-state index contributed by atoms with van der Waals surface area (Å²) in [7, 11) is -4.02. The molecule has 0 saturated heterocycles. The first kappa shape index (κ1) is 26.6. The third kappa shape index (κ3) is 6.57. The lowest BCUT2D eigenvalue weighted by atomic mass is 10.1. The van der Waals surface area contributed by atoms with Gasteiger partial charge in [-0.15, -0.1) is 0 Å². The van der Waals surface area contributed by atoms with Crippen LogP contribution in [-0.4, -0.2) is 32.5 Å². The number of carbonyl (C=O) groups excluding carboxylic acids is 2. The van der Waals surface area contributed by atoms with Crippen molar-refractivity contribution in [3.05, 3.63) is 89.0 Å². The number of anilines is 2. The van der Waals surface area contributed by atoms with Crippen molar-refractivity contribution in [2.45, 2.75) is 39.5 Å². The quantitative estimate of drug-likeness (QED) is 0.351. The van der Waals surface area contributed by atoms with Crippen LogP contribution in [0.2, 0.25) is 0 Å². The van der Waals surface area contributed by atoms with Crippen LogP contribution < -0.4 is 15.0 Å². The molecular formula is C27H30N4O4S. The van der Waals surface area contributed by atoms with E-state index in [2.05, 4.69) is 15.8 Å². The molecule has 0 aromatic heterocycles. The molecule has 2 N–H and O–H groups in total. The molecule has 0 unspecified atom stereocenters. The minimum Gasteiger partial charge on any atom is -0.326 e. The summed E-state index contributed by atoms with van der Waals surface area (Å²) in [6, 6.07) is 18.8. The maximum atomic E-state index is 13.5. The van der Waals surface area contributed by atoms with Gasteiger partial charge in [-0.05, 0) is 80.8 Å². The molecule has 8 nitrogen and oxygen atoms in total. The van der Waals surface area contributed by atoms with Gasteiger partial charge in [0.25, 0.3) is 15.9 Å². The maximum Gasteiger partial charge on any atom is 0.264 e. The average molecular weight is 507 g/mol. The van der Waals surface area contributed by atoms with Gasteiger partial charge in [0.05, 0.1) is 16.3 Å². The molecule has 0 aliphatic heterocycles. The first-order chi connectivity index (χ1) is 17.0. The van der Waals surface area contributed by atoms with Gasteiger partial charge in [-0.2, -0.15) is 5.10 Å². The Morgan fingerprint density at radius 1 is 0.889 bits per heavy atom. The number of carbonyl (C=O) groups is 2. The summed E-state index contributed by atoms with van der Waals surface area (Å²) in [5.41, 5.74) is 7.48. The van der Waals surface area contributed by atoms with Crippen molar-refractivity contribution in [1.29, 1.82) is 0 Å². The largest absolute Gasteiger partial charge is 0.326 e. The van der Waals surface area contributed by atoms with Crippen molar-refractivity contribution in [1.82, 2.24) is 5.43 Å². The smallest absolute Gasteiger partial charge is 0.264 e. The molecule has 3 aromatic rings. The predicted octanol–water partition coefficient (Wildman–Crippen LogP) is 4.31. The van der Waals surface area contributed by atoms with Gasteiger partial charge < -0.3 is 5.32 Å². The molecule has 9 heteroatoms. The lowest BCUT2D eigenvalue weighted by molar-refractivity contribution is -0.119. The maximum absolute atomic E-state index is 13.5. The highest BCUT2D eigenvalue weighted by atomic mass is 32.2. The summed E-state index contributed by atoms with van der Waals surface area (Å²) in [6.07, 6.45) is 0. The zero-order valence-electron chi connectivity index (χ0n) is 21.0. The summed E-state index contributed by atoms with van der Waals surface area (Å²) in [4.78, 5) is 24.3. The fourth-order valence-corrected chi connectivity index (χ4v) is 4.85. The fraction of sp³-hybridized carbons (Fsp3) is 0.222. The Balaban J connectivity index is 1.87. The lowest BCUT2D eigenvalue weighted by Crippen LogP contribution is -2.39. The van der Waals surface area contributed by atoms with Crippen LogP contribution in [0.1, 0.15) is 36.1 Å². The number of hydrogen-bond donors (Lipinski definition) is 2. The Morgan fingerprint density at radius 3 is 2.22 bits per heavy atom. The molecule has 188 valence electrons. The molecule has 3 aromatic carbocycles. The number of nitrogens with one attached hydrogen (secondary N) is 2. The van der Waals surface area contributed by atoms with E-state index in [0.717, 1.165) is 21.0 Å². The van der Waals surface area contributed by atoms with E-state index in [0.29, 0.717) is 22.6 Å². The fourth-order valence-electron chi connectivity index (χ4n) is 3.44. The van der Waals surface area contributed by atoms with Crippen LogP contribution in [0.3, 0.4) is 0 Å². The van der Waals surface area contributed by atoms with Gasteiger partial charge in [0.2, 0.25) is 5.91 Å². The Labute approximate surface area is 212 Å². The van der Waals surface area contributed by atoms with Crippen molar-refractivity contribution >= 4 is 38.9 Å². The number of nitrogens with zero attached hydrogens (tertiary/aromatic N) is 2. The van der Waals surface area contributed by atoms with Crippen LogP contribution >= 0.6 is 0 Å². The topological polar surface area (TPSA) is 108 Å². The molecular weight excluding hydrogens is 476 g/mol. The van der Waals surface area contributed by atoms with E-state index in [1.807, 2.05) is 26.8 Å². The third-order valence-electron chi connectivity index (χ3n) is 5.62. The summed E-state index contributed by atoms with van der Waals surface area (Å²) in [6.45, 7) is 8.36. The standard InChI is InChI=1S/C27H30N4O4S/c1-18-9-13-26(14-10-18)36(34,35)31(25-12-11-19(2)20(3)15-25)17-27(33)30-29-21(4)23-7-6-8-24(16-23)28-22(5)32/h6-16H,17H2,1-5H3,(H,28,32)(H,30,33). The van der Waals surface area contributed by atoms with Crippen LogP contribution in [0.4, 0.5) is 11.4 Å². The molecule has 0 aliphatic rings. The number of benzene rings is 3. The van der Waals surface area contributed by atoms with E-state index in [1.54, 1.807) is 55.5 Å². The van der Waals surface area contributed by atoms with Gasteiger partial charge in [-0.25, -0.2) is 13.8 Å². The molecule has 0 atom stereocenters. The summed E-state index contributed by atoms with van der Waals surface area (Å²) in [5, 5.41) is 6.84. The molecule has 0 spiro atoms. The van der Waals surface area contributed by atoms with Crippen LogP contribution in [0.5, 0.6) is 0 Å². The normalized spacial score (nSPS) is 11.6. The van der Waals surface area contributed by atoms with Crippen molar-refractivity contribution in [2.24, 2.45) is 5.10 Å². The van der Waals surface area contributed by atoms with Gasteiger partial charge in [0.1, 0.15) is 6.54 Å². The second-order valence-corrected chi connectivity index (χ2v) is 10.4. The first-order valence-electron chi connectivity index (χ1n) is 11.3. The molecule has 0 bridgehead atoms. The zero-order chi connectivity index (χ0) is 26.5. The average Bonchev–Trinajstić information content (AvgIpc) is 2.82. The molecule has 0 radical (unpaired) electrons. The van der Waals surface area contributed by atoms with E-state index in [-0.39, 0.29) is 10.8 Å². The summed E-state index contributed by atoms with van der Waals surface area (Å²) in [5.74, 6) is -0.794. The highest BCUT2D eigenvalue weighted by molar-refractivity contribution is 7.92. The van der Waals surface area contributed by atoms with Gasteiger partial charge in [0.15, 0.2) is 0 Å². The van der Waals surface area contributed by atoms with Crippen LogP contribution in [0, 0.1) is 20.8 Å². The van der Waals surface area contributed by atoms with Gasteiger partial charge in [-0.1, -0.05) is 35.9 Å². The number of sulfonamides is 1. The van der Waals surface area contributed by atoms with E-state index in [4.69, 9.17) is 0 Å². The van der Waals surface area contributed by atoms with Crippen LogP contribution in [0.15, 0.2) is 76.7 Å². The van der Waals surface area contributed by atoms with E-state index in [9.17, 15) is 18.0 Å². The van der Waals surface area contributed by atoms with E-state index < -0.39 is 22.5 Å². The third-order valence-corrected chi connectivity index (χ3v) is 7.41. The summed E-state index contributed by atoms with van der Waals surface area (Å²) < 4.78 is 28.2. The number of amides is 2. The minimum atomic E-state index is -4.02. The van der Waals surface area contributed by atoms with E-state index in [1.165, 1.54) is 19.1 Å². The Kier molecular flexibility index (Phi) is 8.26. The SMILES string of the molecule is CC(=O)Nc1cccc(C(C)=NNC(=O)CN(c2ccc(C)c(C)c2)S(=O)(=O)c2ccc(C)cc2)c1. The second-order valence-electron chi connectivity index (χ2n) is 8.59. The van der Waals surface area contributed by atoms with Gasteiger partial charge >= 0.3 is 0 Å². The first-order valence-corrected chi connectivity index (χ1v) is 12.8. The number of hydrogen-bond acceptors (Lipinski definition) is 5. The van der Waals surface area contributed by atoms with Crippen molar-refractivity contribution < 1.29 is 18.0 Å². The minimum absolute atomic E-state index is 0.0913. The zero-order valence-corrected chi connectivity index (χ0v) is 21.8. The predicted molar refractivity (Wildman–Crippen MR) is 143 cm³/mol. The number of hydrazone groups is 1. The molecule has 0 aliphatic carbocycles. The lowest BCUT2D eigenvalue weighted by Gasteiger charge is -2.24. The van der Waals surface area contributed by atoms with Crippen LogP contribution in [-0.2, 0) is 19.6 Å². The Morgan fingerprint density at radius 2 is 1.58 bits per heavy atom. The molecule has 0 heterocycles. The number of rotatable bonds is 8. The highest BCUT2D eigenvalue weighted by Crippen LogP contribution is 2.26. The van der Waals surface area contributed by atoms with Crippen molar-refractivity contribution in [2.75, 3.05) is 16.2 Å². The number of aryl methyl sites for hydroxylation is 3. The molecule has 3 rings (SSSR count). The monoisotopic (exact) mass is 506 g/mol. The van der Waals surface area contributed by atoms with Crippen LogP contribution in [0.25, 0.3) is 0 Å². The molecule has 2 amide bonds. The van der Waals surface area contributed by atoms with E-state index >= 15 is 0 Å². The van der Waals surface area contributed by atoms with Crippen molar-refractivity contribution in [3.8, 4) is 0 Å². The molecule has 0 fully saturated rings. The highest BCUT2D eigenvalue weighted by Gasteiger charge is 2.27. The summed E-state index contributed by atoms with van der Waals surface area (Å²) >= 11 is 0. The van der Waals surface area contributed by atoms with Crippen molar-refractivity contribution in [3.63, 3.8) is 0 Å². The Hall–Kier alpha value is -3.98.